The smallest absolute Gasteiger partial charge is 0.466 e. The highest BCUT2D eigenvalue weighted by atomic mass is 127. The molecular formula is C11H10BrF3INO3. The third-order valence-corrected chi connectivity index (χ3v) is 3.67. The maximum atomic E-state index is 12.5. The lowest BCUT2D eigenvalue weighted by molar-refractivity contribution is -0.275. The zero-order chi connectivity index (χ0) is 15.3. The SMILES string of the molecule is CCOC(=O)Cc1c(I)ncc(CBr)c1OC(F)(F)F. The van der Waals surface area contributed by atoms with Crippen molar-refractivity contribution < 1.29 is 27.4 Å². The number of carbonyl (C=O) groups excluding carboxylic acids is 1. The van der Waals surface area contributed by atoms with Crippen molar-refractivity contribution in [3.63, 3.8) is 0 Å². The molecule has 0 aliphatic rings. The molecule has 1 aromatic heterocycles. The number of hydrogen-bond donors (Lipinski definition) is 0. The van der Waals surface area contributed by atoms with Gasteiger partial charge in [0, 0.05) is 22.7 Å². The van der Waals surface area contributed by atoms with E-state index in [0.717, 1.165) is 0 Å². The van der Waals surface area contributed by atoms with Crippen molar-refractivity contribution >= 4 is 44.5 Å². The van der Waals surface area contributed by atoms with Gasteiger partial charge in [-0.05, 0) is 29.5 Å². The number of nitrogens with zero attached hydrogens (tertiary/aromatic N) is 1. The fourth-order valence-corrected chi connectivity index (χ4v) is 2.38. The second kappa shape index (κ2) is 7.43. The average molecular weight is 468 g/mol. The lowest BCUT2D eigenvalue weighted by Gasteiger charge is -2.16. The Balaban J connectivity index is 3.21. The summed E-state index contributed by atoms with van der Waals surface area (Å²) in [5.41, 5.74) is 0.278. The molecule has 0 radical (unpaired) electrons. The molecule has 20 heavy (non-hydrogen) atoms. The molecule has 0 atom stereocenters. The van der Waals surface area contributed by atoms with E-state index >= 15 is 0 Å². The average Bonchev–Trinajstić information content (AvgIpc) is 2.32. The zero-order valence-electron chi connectivity index (χ0n) is 10.3. The number of hydrogen-bond acceptors (Lipinski definition) is 4. The van der Waals surface area contributed by atoms with Crippen molar-refractivity contribution in [2.75, 3.05) is 6.61 Å². The molecule has 0 fully saturated rings. The molecule has 0 spiro atoms. The van der Waals surface area contributed by atoms with Gasteiger partial charge in [-0.25, -0.2) is 4.98 Å². The fourth-order valence-electron chi connectivity index (χ4n) is 1.41. The number of carbonyl (C=O) groups is 1. The summed E-state index contributed by atoms with van der Waals surface area (Å²) in [6, 6.07) is 0. The van der Waals surface area contributed by atoms with Gasteiger partial charge in [0.1, 0.15) is 9.45 Å². The largest absolute Gasteiger partial charge is 0.573 e. The first-order chi connectivity index (χ1) is 9.28. The summed E-state index contributed by atoms with van der Waals surface area (Å²) >= 11 is 4.82. The van der Waals surface area contributed by atoms with Crippen LogP contribution in [0.5, 0.6) is 5.75 Å². The fraction of sp³-hybridized carbons (Fsp3) is 0.455. The normalized spacial score (nSPS) is 11.3. The monoisotopic (exact) mass is 467 g/mol. The van der Waals surface area contributed by atoms with Gasteiger partial charge in [0.2, 0.25) is 0 Å². The van der Waals surface area contributed by atoms with Gasteiger partial charge in [0.25, 0.3) is 0 Å². The highest BCUT2D eigenvalue weighted by Gasteiger charge is 2.34. The molecule has 1 aromatic rings. The van der Waals surface area contributed by atoms with Crippen LogP contribution in [0.15, 0.2) is 6.20 Å². The van der Waals surface area contributed by atoms with Crippen molar-refractivity contribution in [3.05, 3.63) is 21.0 Å². The van der Waals surface area contributed by atoms with Gasteiger partial charge in [-0.1, -0.05) is 15.9 Å². The van der Waals surface area contributed by atoms with Gasteiger partial charge in [-0.3, -0.25) is 4.79 Å². The molecule has 0 aliphatic heterocycles. The van der Waals surface area contributed by atoms with Crippen LogP contribution in [0.2, 0.25) is 0 Å². The minimum absolute atomic E-state index is 0.0679. The highest BCUT2D eigenvalue weighted by molar-refractivity contribution is 14.1. The Bertz CT molecular complexity index is 497. The number of ether oxygens (including phenoxy) is 2. The first kappa shape index (κ1) is 17.5. The number of aromatic nitrogens is 1. The van der Waals surface area contributed by atoms with E-state index in [1.54, 1.807) is 29.5 Å². The van der Waals surface area contributed by atoms with E-state index in [4.69, 9.17) is 4.74 Å². The number of esters is 1. The van der Waals surface area contributed by atoms with E-state index in [1.165, 1.54) is 6.20 Å². The number of halogens is 5. The summed E-state index contributed by atoms with van der Waals surface area (Å²) in [5, 5.41) is 0.123. The molecule has 9 heteroatoms. The van der Waals surface area contributed by atoms with Crippen molar-refractivity contribution in [2.45, 2.75) is 25.0 Å². The Labute approximate surface area is 135 Å². The van der Waals surface area contributed by atoms with Crippen molar-refractivity contribution in [1.29, 1.82) is 0 Å². The van der Waals surface area contributed by atoms with Crippen LogP contribution in [0, 0.1) is 3.70 Å². The molecule has 0 saturated carbocycles. The molecule has 0 unspecified atom stereocenters. The summed E-state index contributed by atoms with van der Waals surface area (Å²) in [5.74, 6) is -1.03. The molecule has 1 rings (SSSR count). The number of rotatable bonds is 5. The van der Waals surface area contributed by atoms with Gasteiger partial charge in [-0.15, -0.1) is 13.2 Å². The Morgan fingerprint density at radius 3 is 2.65 bits per heavy atom. The first-order valence-corrected chi connectivity index (χ1v) is 7.62. The molecule has 0 amide bonds. The molecule has 112 valence electrons. The third-order valence-electron chi connectivity index (χ3n) is 2.14. The van der Waals surface area contributed by atoms with Crippen molar-refractivity contribution in [2.24, 2.45) is 0 Å². The maximum Gasteiger partial charge on any atom is 0.573 e. The highest BCUT2D eigenvalue weighted by Crippen LogP contribution is 2.33. The van der Waals surface area contributed by atoms with Crippen LogP contribution < -0.4 is 4.74 Å². The van der Waals surface area contributed by atoms with Gasteiger partial charge >= 0.3 is 12.3 Å². The van der Waals surface area contributed by atoms with E-state index in [1.807, 2.05) is 0 Å². The van der Waals surface area contributed by atoms with Crippen LogP contribution in [-0.4, -0.2) is 23.9 Å². The molecule has 0 aromatic carbocycles. The Morgan fingerprint density at radius 2 is 2.15 bits per heavy atom. The summed E-state index contributed by atoms with van der Waals surface area (Å²) in [6.07, 6.45) is -3.90. The second-order valence-electron chi connectivity index (χ2n) is 3.55. The van der Waals surface area contributed by atoms with Crippen LogP contribution in [0.4, 0.5) is 13.2 Å². The van der Waals surface area contributed by atoms with Gasteiger partial charge in [0.05, 0.1) is 13.0 Å². The lowest BCUT2D eigenvalue weighted by atomic mass is 10.1. The Kier molecular flexibility index (Phi) is 6.49. The third kappa shape index (κ3) is 5.08. The molecular weight excluding hydrogens is 458 g/mol. The number of alkyl halides is 4. The lowest BCUT2D eigenvalue weighted by Crippen LogP contribution is -2.21. The minimum atomic E-state index is -4.84. The molecule has 1 heterocycles. The first-order valence-electron chi connectivity index (χ1n) is 5.42. The minimum Gasteiger partial charge on any atom is -0.466 e. The predicted molar refractivity (Wildman–Crippen MR) is 76.6 cm³/mol. The van der Waals surface area contributed by atoms with Gasteiger partial charge < -0.3 is 9.47 Å². The molecule has 0 aliphatic carbocycles. The maximum absolute atomic E-state index is 12.5. The molecule has 0 N–H and O–H groups in total. The number of pyridine rings is 1. The van der Waals surface area contributed by atoms with Crippen LogP contribution >= 0.6 is 38.5 Å². The van der Waals surface area contributed by atoms with Gasteiger partial charge in [0.15, 0.2) is 0 Å². The summed E-state index contributed by atoms with van der Waals surface area (Å²) in [4.78, 5) is 15.4. The molecule has 0 saturated heterocycles. The van der Waals surface area contributed by atoms with E-state index < -0.39 is 18.1 Å². The summed E-state index contributed by atoms with van der Waals surface area (Å²) in [6.45, 7) is 1.76. The second-order valence-corrected chi connectivity index (χ2v) is 5.13. The molecule has 0 bridgehead atoms. The standard InChI is InChI=1S/C11H10BrF3INO3/c1-2-19-8(18)3-7-9(20-11(13,14)15)6(4-12)5-17-10(7)16/h5H,2-4H2,1H3. The van der Waals surface area contributed by atoms with Crippen LogP contribution in [0.3, 0.4) is 0 Å². The van der Waals surface area contributed by atoms with Crippen LogP contribution in [0.1, 0.15) is 18.1 Å². The quantitative estimate of drug-likeness (QED) is 0.287. The van der Waals surface area contributed by atoms with Gasteiger partial charge in [-0.2, -0.15) is 0 Å². The Hall–Kier alpha value is -0.580. The Morgan fingerprint density at radius 1 is 1.50 bits per heavy atom. The van der Waals surface area contributed by atoms with Crippen LogP contribution in [-0.2, 0) is 21.3 Å². The van der Waals surface area contributed by atoms with Crippen LogP contribution in [0.25, 0.3) is 0 Å². The zero-order valence-corrected chi connectivity index (χ0v) is 14.0. The topological polar surface area (TPSA) is 48.4 Å². The molecule has 4 nitrogen and oxygen atoms in total. The van der Waals surface area contributed by atoms with E-state index in [-0.39, 0.29) is 33.2 Å². The van der Waals surface area contributed by atoms with Crippen molar-refractivity contribution in [1.82, 2.24) is 4.98 Å². The summed E-state index contributed by atoms with van der Waals surface area (Å²) in [7, 11) is 0. The van der Waals surface area contributed by atoms with E-state index in [0.29, 0.717) is 0 Å². The van der Waals surface area contributed by atoms with E-state index in [9.17, 15) is 18.0 Å². The summed E-state index contributed by atoms with van der Waals surface area (Å²) < 4.78 is 46.5. The van der Waals surface area contributed by atoms with E-state index in [2.05, 4.69) is 25.7 Å². The predicted octanol–water partition coefficient (Wildman–Crippen LogP) is 3.59. The van der Waals surface area contributed by atoms with Crippen molar-refractivity contribution in [3.8, 4) is 5.75 Å².